The SMILES string of the molecule is CCCCC1C(C)=C2C(C)C21. The van der Waals surface area contributed by atoms with Crippen molar-refractivity contribution in [3.05, 3.63) is 11.1 Å². The molecule has 62 valence electrons. The maximum Gasteiger partial charge on any atom is -0.00688 e. The second-order valence-corrected chi connectivity index (χ2v) is 4.20. The Kier molecular flexibility index (Phi) is 1.59. The summed E-state index contributed by atoms with van der Waals surface area (Å²) >= 11 is 0. The van der Waals surface area contributed by atoms with Gasteiger partial charge in [-0.3, -0.25) is 0 Å². The van der Waals surface area contributed by atoms with Gasteiger partial charge in [-0.1, -0.05) is 37.8 Å². The predicted octanol–water partition coefficient (Wildman–Crippen LogP) is 3.39. The fraction of sp³-hybridized carbons (Fsp3) is 0.818. The lowest BCUT2D eigenvalue weighted by atomic mass is 9.82. The maximum absolute atomic E-state index is 2.38. The van der Waals surface area contributed by atoms with Crippen LogP contribution in [0.3, 0.4) is 0 Å². The zero-order valence-corrected chi connectivity index (χ0v) is 7.85. The topological polar surface area (TPSA) is 0 Å². The van der Waals surface area contributed by atoms with E-state index in [-0.39, 0.29) is 0 Å². The van der Waals surface area contributed by atoms with E-state index in [1.165, 1.54) is 19.3 Å². The van der Waals surface area contributed by atoms with E-state index < -0.39 is 0 Å². The molecule has 0 aliphatic heterocycles. The molecule has 3 unspecified atom stereocenters. The van der Waals surface area contributed by atoms with Gasteiger partial charge >= 0.3 is 0 Å². The van der Waals surface area contributed by atoms with Crippen molar-refractivity contribution in [3.63, 3.8) is 0 Å². The van der Waals surface area contributed by atoms with Crippen molar-refractivity contribution in [2.75, 3.05) is 0 Å². The molecule has 11 heavy (non-hydrogen) atoms. The summed E-state index contributed by atoms with van der Waals surface area (Å²) in [4.78, 5) is 0. The lowest BCUT2D eigenvalue weighted by Crippen LogP contribution is -2.12. The van der Waals surface area contributed by atoms with Gasteiger partial charge in [0.05, 0.1) is 0 Å². The predicted molar refractivity (Wildman–Crippen MR) is 48.4 cm³/mol. The first-order valence-electron chi connectivity index (χ1n) is 4.98. The smallest absolute Gasteiger partial charge is 0.00688 e. The average Bonchev–Trinajstić information content (AvgIpc) is 2.57. The van der Waals surface area contributed by atoms with Crippen LogP contribution in [0.25, 0.3) is 0 Å². The van der Waals surface area contributed by atoms with Gasteiger partial charge in [0.15, 0.2) is 0 Å². The molecule has 0 spiro atoms. The van der Waals surface area contributed by atoms with Crippen LogP contribution in [0, 0.1) is 17.8 Å². The summed E-state index contributed by atoms with van der Waals surface area (Å²) < 4.78 is 0. The van der Waals surface area contributed by atoms with Gasteiger partial charge in [0.2, 0.25) is 0 Å². The molecule has 0 heterocycles. The van der Waals surface area contributed by atoms with Crippen LogP contribution in [0.4, 0.5) is 0 Å². The molecular formula is C11H18. The standard InChI is InChI=1S/C11H18/c1-4-5-6-9-7(2)10-8(3)11(9)10/h8-9,11H,4-6H2,1-3H3. The van der Waals surface area contributed by atoms with E-state index in [2.05, 4.69) is 20.8 Å². The Hall–Kier alpha value is -0.260. The highest BCUT2D eigenvalue weighted by atomic mass is 14.6. The van der Waals surface area contributed by atoms with Gasteiger partial charge < -0.3 is 0 Å². The summed E-state index contributed by atoms with van der Waals surface area (Å²) in [7, 11) is 0. The Bertz CT molecular complexity index is 200. The monoisotopic (exact) mass is 150 g/mol. The second-order valence-electron chi connectivity index (χ2n) is 4.20. The van der Waals surface area contributed by atoms with Gasteiger partial charge in [0, 0.05) is 0 Å². The van der Waals surface area contributed by atoms with E-state index in [4.69, 9.17) is 0 Å². The third kappa shape index (κ3) is 0.881. The van der Waals surface area contributed by atoms with Gasteiger partial charge in [-0.2, -0.15) is 0 Å². The normalized spacial score (nSPS) is 40.1. The molecule has 0 radical (unpaired) electrons. The molecule has 0 saturated heterocycles. The molecule has 0 aromatic heterocycles. The minimum atomic E-state index is 0.969. The van der Waals surface area contributed by atoms with Crippen molar-refractivity contribution >= 4 is 0 Å². The molecule has 0 bridgehead atoms. The van der Waals surface area contributed by atoms with E-state index in [9.17, 15) is 0 Å². The first kappa shape index (κ1) is 7.39. The molecular weight excluding hydrogens is 132 g/mol. The minimum absolute atomic E-state index is 0.969. The lowest BCUT2D eigenvalue weighted by Gasteiger charge is -2.23. The third-order valence-corrected chi connectivity index (χ3v) is 3.59. The van der Waals surface area contributed by atoms with Gasteiger partial charge in [0.1, 0.15) is 0 Å². The van der Waals surface area contributed by atoms with Crippen LogP contribution in [0.2, 0.25) is 0 Å². The van der Waals surface area contributed by atoms with Gasteiger partial charge in [-0.25, -0.2) is 0 Å². The van der Waals surface area contributed by atoms with Crippen molar-refractivity contribution < 1.29 is 0 Å². The summed E-state index contributed by atoms with van der Waals surface area (Å²) in [5, 5.41) is 0. The van der Waals surface area contributed by atoms with E-state index in [0.29, 0.717) is 0 Å². The molecule has 2 rings (SSSR count). The van der Waals surface area contributed by atoms with Crippen molar-refractivity contribution in [1.82, 2.24) is 0 Å². The number of fused-ring (bicyclic) bond motifs is 1. The van der Waals surface area contributed by atoms with Gasteiger partial charge in [-0.05, 0) is 31.1 Å². The number of hydrogen-bond donors (Lipinski definition) is 0. The lowest BCUT2D eigenvalue weighted by molar-refractivity contribution is 0.438. The summed E-state index contributed by atoms with van der Waals surface area (Å²) in [6.45, 7) is 7.01. The molecule has 0 heteroatoms. The quantitative estimate of drug-likeness (QED) is 0.541. The van der Waals surface area contributed by atoms with Crippen LogP contribution in [0.15, 0.2) is 11.1 Å². The molecule has 2 aliphatic carbocycles. The second kappa shape index (κ2) is 2.36. The molecule has 2 aliphatic rings. The van der Waals surface area contributed by atoms with Crippen LogP contribution in [0.1, 0.15) is 40.0 Å². The van der Waals surface area contributed by atoms with Crippen LogP contribution in [0.5, 0.6) is 0 Å². The van der Waals surface area contributed by atoms with E-state index in [1.54, 1.807) is 5.57 Å². The highest BCUT2D eigenvalue weighted by molar-refractivity contribution is 5.46. The van der Waals surface area contributed by atoms with Crippen LogP contribution >= 0.6 is 0 Å². The Morgan fingerprint density at radius 1 is 1.36 bits per heavy atom. The molecule has 0 N–H and O–H groups in total. The summed E-state index contributed by atoms with van der Waals surface area (Å²) in [6, 6.07) is 0. The van der Waals surface area contributed by atoms with Crippen molar-refractivity contribution in [1.29, 1.82) is 0 Å². The Morgan fingerprint density at radius 2 is 2.09 bits per heavy atom. The van der Waals surface area contributed by atoms with Crippen LogP contribution in [-0.2, 0) is 0 Å². The fourth-order valence-electron chi connectivity index (χ4n) is 2.82. The molecule has 0 aromatic carbocycles. The molecule has 3 atom stereocenters. The largest absolute Gasteiger partial charge is 0.0698 e. The maximum atomic E-state index is 2.38. The molecule has 1 fully saturated rings. The molecule has 0 aromatic rings. The summed E-state index contributed by atoms with van der Waals surface area (Å²) in [5.74, 6) is 3.01. The van der Waals surface area contributed by atoms with E-state index in [1.807, 2.05) is 5.57 Å². The summed E-state index contributed by atoms with van der Waals surface area (Å²) in [6.07, 6.45) is 4.25. The molecule has 0 nitrogen and oxygen atoms in total. The Balaban J connectivity index is 1.88. The molecule has 0 amide bonds. The first-order valence-corrected chi connectivity index (χ1v) is 4.98. The first-order chi connectivity index (χ1) is 5.27. The van der Waals surface area contributed by atoms with Crippen molar-refractivity contribution in [2.24, 2.45) is 17.8 Å². The van der Waals surface area contributed by atoms with Gasteiger partial charge in [-0.15, -0.1) is 0 Å². The third-order valence-electron chi connectivity index (χ3n) is 3.59. The highest BCUT2D eigenvalue weighted by Crippen LogP contribution is 2.64. The zero-order valence-electron chi connectivity index (χ0n) is 7.85. The fourth-order valence-corrected chi connectivity index (χ4v) is 2.82. The Labute approximate surface area is 69.7 Å². The number of unbranched alkanes of at least 4 members (excludes halogenated alkanes) is 1. The zero-order chi connectivity index (χ0) is 8.01. The van der Waals surface area contributed by atoms with Crippen molar-refractivity contribution in [3.8, 4) is 0 Å². The average molecular weight is 150 g/mol. The number of hydrogen-bond acceptors (Lipinski definition) is 0. The van der Waals surface area contributed by atoms with Crippen LogP contribution in [-0.4, -0.2) is 0 Å². The minimum Gasteiger partial charge on any atom is -0.0698 e. The van der Waals surface area contributed by atoms with Gasteiger partial charge in [0.25, 0.3) is 0 Å². The van der Waals surface area contributed by atoms with E-state index in [0.717, 1.165) is 17.8 Å². The molecule has 1 saturated carbocycles. The number of rotatable bonds is 3. The summed E-state index contributed by atoms with van der Waals surface area (Å²) in [5.41, 5.74) is 3.56. The van der Waals surface area contributed by atoms with E-state index >= 15 is 0 Å². The van der Waals surface area contributed by atoms with Crippen molar-refractivity contribution in [2.45, 2.75) is 40.0 Å². The van der Waals surface area contributed by atoms with Crippen LogP contribution < -0.4 is 0 Å². The number of allylic oxidation sites excluding steroid dienone is 2. The Morgan fingerprint density at radius 3 is 2.55 bits per heavy atom. The highest BCUT2D eigenvalue weighted by Gasteiger charge is 2.54.